The number of carbonyl (C=O) groups is 1. The second-order valence-corrected chi connectivity index (χ2v) is 9.71. The predicted octanol–water partition coefficient (Wildman–Crippen LogP) is 4.06. The van der Waals surface area contributed by atoms with Crippen molar-refractivity contribution >= 4 is 56.6 Å². The first-order valence-corrected chi connectivity index (χ1v) is 11.7. The van der Waals surface area contributed by atoms with Crippen LogP contribution in [0.15, 0.2) is 53.4 Å². The molecule has 5 nitrogen and oxygen atoms in total. The summed E-state index contributed by atoms with van der Waals surface area (Å²) < 4.78 is 25.5. The van der Waals surface area contributed by atoms with E-state index in [2.05, 4.69) is 5.32 Å². The standard InChI is InChI=1S/C18H20Cl2N2O3S2/c1-13(22(27(2,24)25)16-7-3-14(19)4-8-16)18(23)21-11-12-26-17-9-5-15(20)6-10-17/h3-10,13H,11-12H2,1-2H3,(H,21,23)/t13-/m0/s1. The van der Waals surface area contributed by atoms with Crippen LogP contribution in [0.5, 0.6) is 0 Å². The topological polar surface area (TPSA) is 66.5 Å². The molecule has 0 unspecified atom stereocenters. The number of anilines is 1. The third-order valence-electron chi connectivity index (χ3n) is 3.65. The van der Waals surface area contributed by atoms with Crippen LogP contribution in [-0.2, 0) is 14.8 Å². The van der Waals surface area contributed by atoms with Gasteiger partial charge in [-0.15, -0.1) is 11.8 Å². The van der Waals surface area contributed by atoms with Crippen molar-refractivity contribution in [1.82, 2.24) is 5.32 Å². The third-order valence-corrected chi connectivity index (χ3v) is 6.41. The van der Waals surface area contributed by atoms with Crippen molar-refractivity contribution in [2.24, 2.45) is 0 Å². The van der Waals surface area contributed by atoms with E-state index in [1.54, 1.807) is 55.1 Å². The van der Waals surface area contributed by atoms with Crippen molar-refractivity contribution in [3.63, 3.8) is 0 Å². The largest absolute Gasteiger partial charge is 0.353 e. The van der Waals surface area contributed by atoms with Gasteiger partial charge in [-0.3, -0.25) is 9.10 Å². The summed E-state index contributed by atoms with van der Waals surface area (Å²) >= 11 is 13.3. The number of halogens is 2. The van der Waals surface area contributed by atoms with Gasteiger partial charge in [-0.2, -0.15) is 0 Å². The van der Waals surface area contributed by atoms with Gasteiger partial charge < -0.3 is 5.32 Å². The van der Waals surface area contributed by atoms with E-state index < -0.39 is 16.1 Å². The number of thioether (sulfide) groups is 1. The minimum atomic E-state index is -3.64. The Labute approximate surface area is 174 Å². The van der Waals surface area contributed by atoms with Crippen molar-refractivity contribution in [1.29, 1.82) is 0 Å². The van der Waals surface area contributed by atoms with Crippen molar-refractivity contribution in [3.05, 3.63) is 58.6 Å². The SMILES string of the molecule is C[C@@H](C(=O)NCCSc1ccc(Cl)cc1)N(c1ccc(Cl)cc1)S(C)(=O)=O. The smallest absolute Gasteiger partial charge is 0.243 e. The summed E-state index contributed by atoms with van der Waals surface area (Å²) in [6.45, 7) is 1.96. The second-order valence-electron chi connectivity index (χ2n) is 5.80. The molecule has 0 saturated heterocycles. The van der Waals surface area contributed by atoms with Crippen LogP contribution >= 0.6 is 35.0 Å². The molecular weight excluding hydrogens is 427 g/mol. The number of amides is 1. The zero-order chi connectivity index (χ0) is 20.0. The lowest BCUT2D eigenvalue weighted by atomic mass is 10.2. The summed E-state index contributed by atoms with van der Waals surface area (Å²) in [5.74, 6) is 0.284. The number of benzene rings is 2. The van der Waals surface area contributed by atoms with E-state index >= 15 is 0 Å². The fourth-order valence-electron chi connectivity index (χ4n) is 2.42. The van der Waals surface area contributed by atoms with E-state index in [0.717, 1.165) is 15.5 Å². The molecule has 27 heavy (non-hydrogen) atoms. The van der Waals surface area contributed by atoms with Gasteiger partial charge in [-0.25, -0.2) is 8.42 Å². The lowest BCUT2D eigenvalue weighted by Gasteiger charge is -2.28. The Morgan fingerprint density at radius 2 is 1.59 bits per heavy atom. The molecule has 9 heteroatoms. The zero-order valence-electron chi connectivity index (χ0n) is 14.9. The maximum absolute atomic E-state index is 12.5. The van der Waals surface area contributed by atoms with Crippen LogP contribution in [0, 0.1) is 0 Å². The van der Waals surface area contributed by atoms with Gasteiger partial charge in [0, 0.05) is 27.2 Å². The third kappa shape index (κ3) is 6.60. The predicted molar refractivity (Wildman–Crippen MR) is 113 cm³/mol. The monoisotopic (exact) mass is 446 g/mol. The number of hydrogen-bond acceptors (Lipinski definition) is 4. The quantitative estimate of drug-likeness (QED) is 0.490. The number of carbonyl (C=O) groups excluding carboxylic acids is 1. The van der Waals surface area contributed by atoms with E-state index in [9.17, 15) is 13.2 Å². The molecule has 2 rings (SSSR count). The van der Waals surface area contributed by atoms with Crippen molar-refractivity contribution in [2.45, 2.75) is 17.9 Å². The Morgan fingerprint density at radius 3 is 2.11 bits per heavy atom. The van der Waals surface area contributed by atoms with Crippen LogP contribution in [0.4, 0.5) is 5.69 Å². The summed E-state index contributed by atoms with van der Waals surface area (Å²) in [6.07, 6.45) is 1.07. The summed E-state index contributed by atoms with van der Waals surface area (Å²) in [6, 6.07) is 12.9. The molecule has 2 aromatic carbocycles. The average molecular weight is 447 g/mol. The first-order chi connectivity index (χ1) is 12.7. The summed E-state index contributed by atoms with van der Waals surface area (Å²) in [7, 11) is -3.64. The molecule has 1 N–H and O–H groups in total. The molecule has 0 saturated carbocycles. The molecule has 0 bridgehead atoms. The summed E-state index contributed by atoms with van der Waals surface area (Å²) in [5.41, 5.74) is 0.389. The van der Waals surface area contributed by atoms with E-state index in [4.69, 9.17) is 23.2 Å². The first kappa shape index (κ1) is 21.9. The highest BCUT2D eigenvalue weighted by atomic mass is 35.5. The van der Waals surface area contributed by atoms with Gasteiger partial charge in [0.1, 0.15) is 6.04 Å². The van der Waals surface area contributed by atoms with Gasteiger partial charge in [0.2, 0.25) is 15.9 Å². The molecule has 146 valence electrons. The number of nitrogens with one attached hydrogen (secondary N) is 1. The average Bonchev–Trinajstić information content (AvgIpc) is 2.60. The molecule has 0 aromatic heterocycles. The van der Waals surface area contributed by atoms with Gasteiger partial charge >= 0.3 is 0 Å². The summed E-state index contributed by atoms with van der Waals surface area (Å²) in [5, 5.41) is 3.94. The van der Waals surface area contributed by atoms with Crippen LogP contribution in [-0.4, -0.2) is 38.9 Å². The number of hydrogen-bond donors (Lipinski definition) is 1. The lowest BCUT2D eigenvalue weighted by Crippen LogP contribution is -2.48. The van der Waals surface area contributed by atoms with E-state index in [1.807, 2.05) is 12.1 Å². The van der Waals surface area contributed by atoms with Crippen molar-refractivity contribution < 1.29 is 13.2 Å². The second kappa shape index (κ2) is 9.68. The van der Waals surface area contributed by atoms with Crippen LogP contribution in [0.1, 0.15) is 6.92 Å². The maximum Gasteiger partial charge on any atom is 0.243 e. The Kier molecular flexibility index (Phi) is 7.85. The van der Waals surface area contributed by atoms with E-state index in [-0.39, 0.29) is 5.91 Å². The Hall–Kier alpha value is -1.41. The minimum absolute atomic E-state index is 0.368. The van der Waals surface area contributed by atoms with Gasteiger partial charge in [0.05, 0.1) is 11.9 Å². The van der Waals surface area contributed by atoms with Gasteiger partial charge in [0.15, 0.2) is 0 Å². The molecule has 0 aliphatic carbocycles. The minimum Gasteiger partial charge on any atom is -0.353 e. The normalized spacial score (nSPS) is 12.4. The number of nitrogens with zero attached hydrogens (tertiary/aromatic N) is 1. The van der Waals surface area contributed by atoms with E-state index in [1.165, 1.54) is 0 Å². The number of rotatable bonds is 8. The van der Waals surface area contributed by atoms with Crippen LogP contribution in [0.25, 0.3) is 0 Å². The summed E-state index contributed by atoms with van der Waals surface area (Å²) in [4.78, 5) is 13.5. The first-order valence-electron chi connectivity index (χ1n) is 8.09. The van der Waals surface area contributed by atoms with Gasteiger partial charge in [-0.1, -0.05) is 23.2 Å². The lowest BCUT2D eigenvalue weighted by molar-refractivity contribution is -0.121. The number of sulfonamides is 1. The fourth-order valence-corrected chi connectivity index (χ4v) is 4.61. The van der Waals surface area contributed by atoms with Crippen molar-refractivity contribution in [2.75, 3.05) is 22.9 Å². The highest BCUT2D eigenvalue weighted by Crippen LogP contribution is 2.23. The molecule has 1 amide bonds. The van der Waals surface area contributed by atoms with Gasteiger partial charge in [0.25, 0.3) is 0 Å². The fraction of sp³-hybridized carbons (Fsp3) is 0.278. The Balaban J connectivity index is 1.96. The maximum atomic E-state index is 12.5. The molecule has 1 atom stereocenters. The molecule has 0 fully saturated rings. The zero-order valence-corrected chi connectivity index (χ0v) is 18.0. The Morgan fingerprint density at radius 1 is 1.07 bits per heavy atom. The van der Waals surface area contributed by atoms with Crippen LogP contribution < -0.4 is 9.62 Å². The Bertz CT molecular complexity index is 872. The van der Waals surface area contributed by atoms with Crippen LogP contribution in [0.2, 0.25) is 10.0 Å². The molecule has 0 spiro atoms. The van der Waals surface area contributed by atoms with E-state index in [0.29, 0.717) is 28.0 Å². The highest BCUT2D eigenvalue weighted by molar-refractivity contribution is 7.99. The molecular formula is C18H20Cl2N2O3S2. The molecule has 0 radical (unpaired) electrons. The van der Waals surface area contributed by atoms with Crippen LogP contribution in [0.3, 0.4) is 0 Å². The van der Waals surface area contributed by atoms with Gasteiger partial charge in [-0.05, 0) is 55.5 Å². The molecule has 0 aliphatic rings. The molecule has 0 heterocycles. The molecule has 2 aromatic rings. The highest BCUT2D eigenvalue weighted by Gasteiger charge is 2.28. The molecule has 0 aliphatic heterocycles. The van der Waals surface area contributed by atoms with Crippen molar-refractivity contribution in [3.8, 4) is 0 Å².